The maximum Gasteiger partial charge on any atom is 0.340 e. The number of anilines is 2. The lowest BCUT2D eigenvalue weighted by Gasteiger charge is -2.45. The third-order valence-corrected chi connectivity index (χ3v) is 8.99. The number of aliphatic imine (C=N–C) groups is 1. The molecular weight excluding hydrogens is 527 g/mol. The molecule has 3 aromatic heterocycles. The summed E-state index contributed by atoms with van der Waals surface area (Å²) in [4.78, 5) is 45.1. The van der Waals surface area contributed by atoms with Gasteiger partial charge in [-0.15, -0.1) is 0 Å². The number of nitrogens with zero attached hydrogens (tertiary/aromatic N) is 5. The Kier molecular flexibility index (Phi) is 5.46. The first kappa shape index (κ1) is 25.8. The molecule has 4 aliphatic rings. The zero-order chi connectivity index (χ0) is 28.8. The molecule has 1 saturated heterocycles. The number of nitrogens with one attached hydrogen (secondary N) is 1. The van der Waals surface area contributed by atoms with E-state index in [2.05, 4.69) is 20.3 Å². The van der Waals surface area contributed by atoms with E-state index >= 15 is 0 Å². The molecule has 11 heteroatoms. The van der Waals surface area contributed by atoms with Crippen LogP contribution < -0.4 is 10.1 Å². The highest BCUT2D eigenvalue weighted by Gasteiger charge is 2.51. The maximum absolute atomic E-state index is 13.4. The molecule has 1 N–H and O–H groups in total. The fourth-order valence-corrected chi connectivity index (χ4v) is 5.58. The molecule has 0 spiro atoms. The van der Waals surface area contributed by atoms with Gasteiger partial charge in [0, 0.05) is 30.1 Å². The van der Waals surface area contributed by atoms with Crippen molar-refractivity contribution in [2.75, 3.05) is 11.9 Å². The van der Waals surface area contributed by atoms with Gasteiger partial charge in [0.1, 0.15) is 35.1 Å². The second-order valence-corrected chi connectivity index (χ2v) is 12.2. The first-order valence-corrected chi connectivity index (χ1v) is 13.9. The third kappa shape index (κ3) is 4.20. The average molecular weight is 559 g/mol. The molecule has 3 aliphatic heterocycles. The standard InChI is InChI=1S/C30H31FN6O4/c1-14-25-16(28(39)41-29(14,3)4)6-7-23(36-25)35-24-9-17-19(10-32-24)26(33-11-20(17)30(5)13-34-30)40-22-12-37(15(22)2)27(38)18-8-21(18)31/h6-7,9-11,13-15,18,21-22H,8,12H2,1-5H3,(H,32,35,36)/t14-,15+,18-,21+,22-,30?/m1/s1. The number of likely N-dealkylation sites (tertiary alicyclic amines) is 1. The van der Waals surface area contributed by atoms with Crippen molar-refractivity contribution in [1.29, 1.82) is 0 Å². The molecule has 0 radical (unpaired) electrons. The second kappa shape index (κ2) is 8.67. The number of alkyl halides is 1. The Labute approximate surface area is 236 Å². The molecule has 0 bridgehead atoms. The molecule has 1 amide bonds. The molecule has 1 unspecified atom stereocenters. The number of pyridine rings is 3. The molecule has 41 heavy (non-hydrogen) atoms. The molecule has 10 nitrogen and oxygen atoms in total. The van der Waals surface area contributed by atoms with Crippen LogP contribution in [0, 0.1) is 5.92 Å². The lowest BCUT2D eigenvalue weighted by Crippen LogP contribution is -2.63. The highest BCUT2D eigenvalue weighted by molar-refractivity contribution is 5.98. The smallest absolute Gasteiger partial charge is 0.340 e. The predicted molar refractivity (Wildman–Crippen MR) is 149 cm³/mol. The van der Waals surface area contributed by atoms with E-state index in [-0.39, 0.29) is 29.9 Å². The summed E-state index contributed by atoms with van der Waals surface area (Å²) in [6.07, 6.45) is 4.40. The Morgan fingerprint density at radius 1 is 1.15 bits per heavy atom. The van der Waals surface area contributed by atoms with Gasteiger partial charge < -0.3 is 19.7 Å². The largest absolute Gasteiger partial charge is 0.470 e. The average Bonchev–Trinajstić information content (AvgIpc) is 3.86. The fraction of sp³-hybridized carbons (Fsp3) is 0.467. The summed E-state index contributed by atoms with van der Waals surface area (Å²) in [5.74, 6) is 0.450. The predicted octanol–water partition coefficient (Wildman–Crippen LogP) is 4.46. The number of carbonyl (C=O) groups excluding carboxylic acids is 2. The van der Waals surface area contributed by atoms with E-state index in [0.29, 0.717) is 41.7 Å². The molecular formula is C30H31FN6O4. The Balaban J connectivity index is 1.17. The van der Waals surface area contributed by atoms with E-state index in [0.717, 1.165) is 16.3 Å². The number of cyclic esters (lactones) is 1. The Morgan fingerprint density at radius 2 is 1.90 bits per heavy atom. The van der Waals surface area contributed by atoms with Crippen LogP contribution in [0.3, 0.4) is 0 Å². The minimum Gasteiger partial charge on any atom is -0.470 e. The summed E-state index contributed by atoms with van der Waals surface area (Å²) in [6, 6.07) is 5.21. The van der Waals surface area contributed by atoms with Crippen molar-refractivity contribution in [2.45, 2.75) is 76.4 Å². The lowest BCUT2D eigenvalue weighted by molar-refractivity contribution is -0.148. The summed E-state index contributed by atoms with van der Waals surface area (Å²) < 4.78 is 25.3. The van der Waals surface area contributed by atoms with Crippen LogP contribution >= 0.6 is 0 Å². The zero-order valence-corrected chi connectivity index (χ0v) is 23.5. The topological polar surface area (TPSA) is 119 Å². The van der Waals surface area contributed by atoms with Gasteiger partial charge in [0.25, 0.3) is 0 Å². The van der Waals surface area contributed by atoms with Crippen molar-refractivity contribution in [3.8, 4) is 5.88 Å². The van der Waals surface area contributed by atoms with Crippen LogP contribution in [0.5, 0.6) is 5.88 Å². The summed E-state index contributed by atoms with van der Waals surface area (Å²) >= 11 is 0. The quantitative estimate of drug-likeness (QED) is 0.441. The van der Waals surface area contributed by atoms with Crippen LogP contribution in [0.25, 0.3) is 10.8 Å². The molecule has 6 heterocycles. The fourth-order valence-electron chi connectivity index (χ4n) is 5.58. The first-order chi connectivity index (χ1) is 19.4. The van der Waals surface area contributed by atoms with Gasteiger partial charge in [-0.2, -0.15) is 0 Å². The number of rotatable bonds is 6. The SMILES string of the molecule is C[C@@H]1c2nc(Nc3cc4c(C5(C)C=N5)cnc(O[C@@H]5CN(C(=O)[C@@H]6C[C@@H]6F)[C@H]5C)c4cn3)ccc2C(=O)OC1(C)C. The van der Waals surface area contributed by atoms with Crippen LogP contribution in [0.15, 0.2) is 35.6 Å². The van der Waals surface area contributed by atoms with Gasteiger partial charge in [-0.3, -0.25) is 9.79 Å². The van der Waals surface area contributed by atoms with E-state index in [9.17, 15) is 14.0 Å². The van der Waals surface area contributed by atoms with E-state index in [1.165, 1.54) is 0 Å². The Morgan fingerprint density at radius 3 is 2.59 bits per heavy atom. The van der Waals surface area contributed by atoms with E-state index in [1.807, 2.05) is 46.9 Å². The maximum atomic E-state index is 13.4. The summed E-state index contributed by atoms with van der Waals surface area (Å²) in [6.45, 7) is 10.1. The summed E-state index contributed by atoms with van der Waals surface area (Å²) in [7, 11) is 0. The lowest BCUT2D eigenvalue weighted by atomic mass is 9.84. The van der Waals surface area contributed by atoms with Gasteiger partial charge >= 0.3 is 5.97 Å². The number of hydrogen-bond acceptors (Lipinski definition) is 9. The molecule has 1 aliphatic carbocycles. The molecule has 7 rings (SSSR count). The van der Waals surface area contributed by atoms with E-state index in [4.69, 9.17) is 14.5 Å². The summed E-state index contributed by atoms with van der Waals surface area (Å²) in [5, 5.41) is 4.89. The van der Waals surface area contributed by atoms with Crippen LogP contribution in [0.2, 0.25) is 0 Å². The summed E-state index contributed by atoms with van der Waals surface area (Å²) in [5.41, 5.74) is 0.957. The van der Waals surface area contributed by atoms with Gasteiger partial charge in [0.2, 0.25) is 11.8 Å². The molecule has 6 atom stereocenters. The first-order valence-electron chi connectivity index (χ1n) is 13.9. The number of aromatic nitrogens is 3. The number of fused-ring (bicyclic) bond motifs is 2. The number of carbonyl (C=O) groups is 2. The monoisotopic (exact) mass is 558 g/mol. The van der Waals surface area contributed by atoms with Gasteiger partial charge in [0.15, 0.2) is 0 Å². The Bertz CT molecular complexity index is 1650. The number of amides is 1. The molecule has 3 aromatic rings. The van der Waals surface area contributed by atoms with Gasteiger partial charge in [-0.1, -0.05) is 6.92 Å². The molecule has 1 saturated carbocycles. The number of hydrogen-bond donors (Lipinski definition) is 1. The normalized spacial score (nSPS) is 30.7. The van der Waals surface area contributed by atoms with Crippen molar-refractivity contribution in [2.24, 2.45) is 10.9 Å². The van der Waals surface area contributed by atoms with Crippen molar-refractivity contribution in [3.05, 3.63) is 47.4 Å². The number of ether oxygens (including phenoxy) is 2. The van der Waals surface area contributed by atoms with Crippen molar-refractivity contribution in [1.82, 2.24) is 19.9 Å². The van der Waals surface area contributed by atoms with Crippen molar-refractivity contribution < 1.29 is 23.5 Å². The van der Waals surface area contributed by atoms with Gasteiger partial charge in [-0.25, -0.2) is 24.1 Å². The van der Waals surface area contributed by atoms with Crippen molar-refractivity contribution >= 4 is 40.5 Å². The molecule has 212 valence electrons. The Hall–Kier alpha value is -4.15. The minimum absolute atomic E-state index is 0.0892. The van der Waals surface area contributed by atoms with Crippen LogP contribution in [0.1, 0.15) is 68.6 Å². The van der Waals surface area contributed by atoms with E-state index in [1.54, 1.807) is 29.4 Å². The van der Waals surface area contributed by atoms with Gasteiger partial charge in [0.05, 0.1) is 35.1 Å². The number of esters is 1. The van der Waals surface area contributed by atoms with E-state index < -0.39 is 23.2 Å². The highest BCUT2D eigenvalue weighted by Crippen LogP contribution is 2.42. The molecule has 0 aromatic carbocycles. The van der Waals surface area contributed by atoms with Crippen LogP contribution in [0.4, 0.5) is 16.0 Å². The number of halogens is 1. The van der Waals surface area contributed by atoms with Crippen LogP contribution in [-0.2, 0) is 15.1 Å². The van der Waals surface area contributed by atoms with Crippen molar-refractivity contribution in [3.63, 3.8) is 0 Å². The second-order valence-electron chi connectivity index (χ2n) is 12.2. The molecule has 2 fully saturated rings. The zero-order valence-electron chi connectivity index (χ0n) is 23.5. The minimum atomic E-state index is -1.02. The third-order valence-electron chi connectivity index (χ3n) is 8.99. The highest BCUT2D eigenvalue weighted by atomic mass is 19.1. The van der Waals surface area contributed by atoms with Crippen LogP contribution in [-0.4, -0.2) is 68.4 Å². The van der Waals surface area contributed by atoms with Gasteiger partial charge in [-0.05, 0) is 57.7 Å².